The standard InChI is InChI=1S/C15H25N3O6/c1-8(19)10(11(20)21)17-9-5-15(16-6-9)7-18(12(15)22)13(23)24-14(2,3)4/h8-10,16-17,19H,5-7H2,1-4H3,(H,20,21)/t8-,9?,10+,15?/m1/s1. The molecule has 0 aromatic heterocycles. The molecule has 9 nitrogen and oxygen atoms in total. The van der Waals surface area contributed by atoms with E-state index in [-0.39, 0.29) is 18.5 Å². The van der Waals surface area contributed by atoms with Crippen molar-refractivity contribution in [3.63, 3.8) is 0 Å². The number of imide groups is 1. The molecule has 2 aliphatic rings. The topological polar surface area (TPSA) is 128 Å². The van der Waals surface area contributed by atoms with Crippen LogP contribution in [0.2, 0.25) is 0 Å². The third kappa shape index (κ3) is 3.68. The van der Waals surface area contributed by atoms with Gasteiger partial charge in [-0.15, -0.1) is 0 Å². The van der Waals surface area contributed by atoms with Gasteiger partial charge in [-0.2, -0.15) is 0 Å². The highest BCUT2D eigenvalue weighted by molar-refractivity contribution is 6.04. The maximum Gasteiger partial charge on any atom is 0.417 e. The first-order valence-corrected chi connectivity index (χ1v) is 7.92. The van der Waals surface area contributed by atoms with Crippen molar-refractivity contribution < 1.29 is 29.3 Å². The van der Waals surface area contributed by atoms with Gasteiger partial charge >= 0.3 is 12.1 Å². The molecular weight excluding hydrogens is 318 g/mol. The molecule has 2 amide bonds. The van der Waals surface area contributed by atoms with Gasteiger partial charge < -0.3 is 20.3 Å². The number of rotatable bonds is 4. The number of aliphatic carboxylic acids is 1. The fraction of sp³-hybridized carbons (Fsp3) is 0.800. The number of carboxylic acids is 1. The zero-order chi connectivity index (χ0) is 18.3. The lowest BCUT2D eigenvalue weighted by atomic mass is 9.86. The highest BCUT2D eigenvalue weighted by Gasteiger charge is 2.59. The minimum Gasteiger partial charge on any atom is -0.480 e. The van der Waals surface area contributed by atoms with Crippen LogP contribution in [0, 0.1) is 0 Å². The Hall–Kier alpha value is -1.71. The predicted molar refractivity (Wildman–Crippen MR) is 83.3 cm³/mol. The number of β-lactam (4-membered cyclic amide) rings is 1. The third-order valence-electron chi connectivity index (χ3n) is 4.14. The van der Waals surface area contributed by atoms with Crippen molar-refractivity contribution in [1.29, 1.82) is 0 Å². The summed E-state index contributed by atoms with van der Waals surface area (Å²) in [6.45, 7) is 7.13. The number of aliphatic hydroxyl groups is 1. The highest BCUT2D eigenvalue weighted by atomic mass is 16.6. The molecule has 0 radical (unpaired) electrons. The molecule has 136 valence electrons. The maximum absolute atomic E-state index is 12.4. The van der Waals surface area contributed by atoms with Gasteiger partial charge in [-0.1, -0.05) is 0 Å². The number of nitrogens with one attached hydrogen (secondary N) is 2. The average Bonchev–Trinajstić information content (AvgIpc) is 2.85. The zero-order valence-corrected chi connectivity index (χ0v) is 14.3. The van der Waals surface area contributed by atoms with Crippen LogP contribution in [0.5, 0.6) is 0 Å². The Labute approximate surface area is 140 Å². The monoisotopic (exact) mass is 343 g/mol. The van der Waals surface area contributed by atoms with Gasteiger partial charge in [0.25, 0.3) is 5.91 Å². The molecule has 2 unspecified atom stereocenters. The Kier molecular flexibility index (Phi) is 4.89. The maximum atomic E-state index is 12.4. The number of carbonyl (C=O) groups is 3. The van der Waals surface area contributed by atoms with E-state index >= 15 is 0 Å². The zero-order valence-electron chi connectivity index (χ0n) is 14.3. The Bertz CT molecular complexity index is 544. The Morgan fingerprint density at radius 3 is 2.54 bits per heavy atom. The van der Waals surface area contributed by atoms with Crippen molar-refractivity contribution in [2.75, 3.05) is 13.1 Å². The molecule has 1 spiro atoms. The second-order valence-corrected chi connectivity index (χ2v) is 7.46. The highest BCUT2D eigenvalue weighted by Crippen LogP contribution is 2.33. The number of aliphatic hydroxyl groups excluding tert-OH is 1. The number of likely N-dealkylation sites (tertiary alicyclic amines) is 1. The first kappa shape index (κ1) is 18.6. The second-order valence-electron chi connectivity index (χ2n) is 7.46. The van der Waals surface area contributed by atoms with Crippen molar-refractivity contribution >= 4 is 18.0 Å². The van der Waals surface area contributed by atoms with E-state index in [0.717, 1.165) is 4.90 Å². The molecule has 0 aromatic carbocycles. The molecule has 0 aliphatic carbocycles. The van der Waals surface area contributed by atoms with Crippen LogP contribution >= 0.6 is 0 Å². The summed E-state index contributed by atoms with van der Waals surface area (Å²) >= 11 is 0. The predicted octanol–water partition coefficient (Wildman–Crippen LogP) is -0.712. The normalized spacial score (nSPS) is 29.3. The largest absolute Gasteiger partial charge is 0.480 e. The third-order valence-corrected chi connectivity index (χ3v) is 4.14. The van der Waals surface area contributed by atoms with E-state index in [4.69, 9.17) is 9.84 Å². The summed E-state index contributed by atoms with van der Waals surface area (Å²) < 4.78 is 5.18. The van der Waals surface area contributed by atoms with Crippen LogP contribution in [0.4, 0.5) is 4.79 Å². The van der Waals surface area contributed by atoms with Gasteiger partial charge in [0.2, 0.25) is 0 Å². The van der Waals surface area contributed by atoms with Gasteiger partial charge in [0, 0.05) is 12.6 Å². The quantitative estimate of drug-likeness (QED) is 0.493. The Morgan fingerprint density at radius 2 is 2.08 bits per heavy atom. The number of carbonyl (C=O) groups excluding carboxylic acids is 2. The minimum atomic E-state index is -1.15. The summed E-state index contributed by atoms with van der Waals surface area (Å²) in [6.07, 6.45) is -1.39. The molecule has 2 fully saturated rings. The van der Waals surface area contributed by atoms with E-state index in [0.29, 0.717) is 13.0 Å². The molecular formula is C15H25N3O6. The first-order valence-electron chi connectivity index (χ1n) is 7.92. The number of hydrogen-bond donors (Lipinski definition) is 4. The number of ether oxygens (including phenoxy) is 1. The van der Waals surface area contributed by atoms with Crippen LogP contribution in [0.25, 0.3) is 0 Å². The van der Waals surface area contributed by atoms with Crippen LogP contribution in [-0.2, 0) is 14.3 Å². The van der Waals surface area contributed by atoms with E-state index in [1.807, 2.05) is 0 Å². The summed E-state index contributed by atoms with van der Waals surface area (Å²) in [5, 5.41) is 24.5. The van der Waals surface area contributed by atoms with Crippen molar-refractivity contribution in [2.24, 2.45) is 0 Å². The molecule has 2 saturated heterocycles. The van der Waals surface area contributed by atoms with E-state index in [9.17, 15) is 19.5 Å². The number of carboxylic acid groups (broad SMARTS) is 1. The molecule has 24 heavy (non-hydrogen) atoms. The van der Waals surface area contributed by atoms with Gasteiger partial charge in [-0.05, 0) is 34.1 Å². The summed E-state index contributed by atoms with van der Waals surface area (Å²) in [5.74, 6) is -1.52. The van der Waals surface area contributed by atoms with Crippen molar-refractivity contribution in [3.05, 3.63) is 0 Å². The molecule has 0 saturated carbocycles. The van der Waals surface area contributed by atoms with Gasteiger partial charge in [0.15, 0.2) is 0 Å². The van der Waals surface area contributed by atoms with E-state index < -0.39 is 35.3 Å². The molecule has 2 rings (SSSR count). The number of amides is 2. The Morgan fingerprint density at radius 1 is 1.46 bits per heavy atom. The van der Waals surface area contributed by atoms with Gasteiger partial charge in [0.05, 0.1) is 12.6 Å². The molecule has 2 aliphatic heterocycles. The van der Waals surface area contributed by atoms with Gasteiger partial charge in [-0.3, -0.25) is 14.9 Å². The Balaban J connectivity index is 1.93. The molecule has 0 aromatic rings. The van der Waals surface area contributed by atoms with Crippen molar-refractivity contribution in [1.82, 2.24) is 15.5 Å². The van der Waals surface area contributed by atoms with Crippen LogP contribution < -0.4 is 10.6 Å². The lowest BCUT2D eigenvalue weighted by Gasteiger charge is -2.45. The van der Waals surface area contributed by atoms with Gasteiger partial charge in [-0.25, -0.2) is 9.69 Å². The smallest absolute Gasteiger partial charge is 0.417 e. The molecule has 4 atom stereocenters. The lowest BCUT2D eigenvalue weighted by molar-refractivity contribution is -0.150. The average molecular weight is 343 g/mol. The summed E-state index contributed by atoms with van der Waals surface area (Å²) in [6, 6.07) is -1.39. The number of nitrogens with zero attached hydrogens (tertiary/aromatic N) is 1. The van der Waals surface area contributed by atoms with Crippen LogP contribution in [-0.4, -0.2) is 75.5 Å². The van der Waals surface area contributed by atoms with Crippen molar-refractivity contribution in [2.45, 2.75) is 63.4 Å². The van der Waals surface area contributed by atoms with E-state index in [2.05, 4.69) is 10.6 Å². The van der Waals surface area contributed by atoms with Crippen LogP contribution in [0.1, 0.15) is 34.1 Å². The van der Waals surface area contributed by atoms with Crippen LogP contribution in [0.15, 0.2) is 0 Å². The minimum absolute atomic E-state index is 0.186. The fourth-order valence-corrected chi connectivity index (χ4v) is 3.00. The molecule has 9 heteroatoms. The molecule has 2 heterocycles. The summed E-state index contributed by atoms with van der Waals surface area (Å²) in [4.78, 5) is 36.5. The van der Waals surface area contributed by atoms with Crippen LogP contribution in [0.3, 0.4) is 0 Å². The van der Waals surface area contributed by atoms with Crippen molar-refractivity contribution in [3.8, 4) is 0 Å². The lowest BCUT2D eigenvalue weighted by Crippen LogP contribution is -2.72. The van der Waals surface area contributed by atoms with Gasteiger partial charge in [0.1, 0.15) is 17.2 Å². The second kappa shape index (κ2) is 6.30. The SMILES string of the molecule is C[C@@H](O)[C@H](NC1CNC2(C1)CN(C(=O)OC(C)(C)C)C2=O)C(=O)O. The first-order chi connectivity index (χ1) is 10.9. The van der Waals surface area contributed by atoms with E-state index in [1.165, 1.54) is 6.92 Å². The van der Waals surface area contributed by atoms with E-state index in [1.54, 1.807) is 20.8 Å². The molecule has 4 N–H and O–H groups in total. The number of hydrogen-bond acceptors (Lipinski definition) is 7. The molecule has 0 bridgehead atoms. The summed E-state index contributed by atoms with van der Waals surface area (Å²) in [5.41, 5.74) is -1.55. The fourth-order valence-electron chi connectivity index (χ4n) is 3.00. The summed E-state index contributed by atoms with van der Waals surface area (Å²) in [7, 11) is 0.